The Balaban J connectivity index is 0.00000150. The molecule has 1 amide bonds. The van der Waals surface area contributed by atoms with E-state index in [0.717, 1.165) is 12.5 Å². The third kappa shape index (κ3) is 7.13. The molecule has 0 radical (unpaired) electrons. The Bertz CT molecular complexity index is 620. The fourth-order valence-electron chi connectivity index (χ4n) is 5.12. The summed E-state index contributed by atoms with van der Waals surface area (Å²) < 4.78 is 0. The molecule has 3 heterocycles. The number of fused-ring (bicyclic) bond motifs is 2. The Morgan fingerprint density at radius 1 is 1.00 bits per heavy atom. The SMILES string of the molecule is CC1CCN(Cc2ccc(CNC(=O)CC3CC4CCC(C3)N4)cc2)CC1.Cl.Cl. The summed E-state index contributed by atoms with van der Waals surface area (Å²) in [6, 6.07) is 10.1. The predicted molar refractivity (Wildman–Crippen MR) is 124 cm³/mol. The smallest absolute Gasteiger partial charge is 0.220 e. The fraction of sp³-hybridized carbons (Fsp3) is 0.696. The zero-order chi connectivity index (χ0) is 18.6. The van der Waals surface area contributed by atoms with Crippen LogP contribution < -0.4 is 10.6 Å². The first-order valence-corrected chi connectivity index (χ1v) is 11.0. The van der Waals surface area contributed by atoms with Gasteiger partial charge in [-0.3, -0.25) is 9.69 Å². The Morgan fingerprint density at radius 3 is 2.21 bits per heavy atom. The molecule has 1 aromatic carbocycles. The number of piperidine rings is 2. The summed E-state index contributed by atoms with van der Waals surface area (Å²) in [5.74, 6) is 1.67. The van der Waals surface area contributed by atoms with Crippen molar-refractivity contribution in [3.05, 3.63) is 35.4 Å². The van der Waals surface area contributed by atoms with Crippen molar-refractivity contribution in [3.8, 4) is 0 Å². The van der Waals surface area contributed by atoms with E-state index in [0.29, 0.717) is 31.0 Å². The maximum absolute atomic E-state index is 12.3. The standard InChI is InChI=1S/C23H35N3O.2ClH/c1-17-8-10-26(11-9-17)16-19-4-2-18(3-5-19)15-24-23(27)14-20-12-21-6-7-22(13-20)25-21;;/h2-5,17,20-22,25H,6-16H2,1H3,(H,24,27);2*1H. The molecule has 164 valence electrons. The summed E-state index contributed by atoms with van der Waals surface area (Å²) in [5, 5.41) is 6.78. The Hall–Kier alpha value is -0.810. The minimum Gasteiger partial charge on any atom is -0.352 e. The van der Waals surface area contributed by atoms with Gasteiger partial charge in [-0.25, -0.2) is 0 Å². The lowest BCUT2D eigenvalue weighted by Crippen LogP contribution is -2.39. The minimum atomic E-state index is 0. The van der Waals surface area contributed by atoms with E-state index in [1.807, 2.05) is 0 Å². The number of amides is 1. The van der Waals surface area contributed by atoms with Gasteiger partial charge in [-0.05, 0) is 74.6 Å². The van der Waals surface area contributed by atoms with Crippen LogP contribution in [0.2, 0.25) is 0 Å². The number of hydrogen-bond donors (Lipinski definition) is 2. The van der Waals surface area contributed by atoms with Gasteiger partial charge in [0.1, 0.15) is 0 Å². The van der Waals surface area contributed by atoms with Gasteiger partial charge >= 0.3 is 0 Å². The van der Waals surface area contributed by atoms with Crippen LogP contribution in [0.5, 0.6) is 0 Å². The van der Waals surface area contributed by atoms with Gasteiger partial charge in [-0.1, -0.05) is 31.2 Å². The highest BCUT2D eigenvalue weighted by Gasteiger charge is 2.34. The van der Waals surface area contributed by atoms with Crippen molar-refractivity contribution in [2.45, 2.75) is 77.0 Å². The molecule has 3 aliphatic rings. The maximum Gasteiger partial charge on any atom is 0.220 e. The molecule has 0 spiro atoms. The van der Waals surface area contributed by atoms with Gasteiger partial charge in [0.15, 0.2) is 0 Å². The maximum atomic E-state index is 12.3. The van der Waals surface area contributed by atoms with Gasteiger partial charge < -0.3 is 10.6 Å². The van der Waals surface area contributed by atoms with Crippen LogP contribution in [0.1, 0.15) is 63.0 Å². The van der Waals surface area contributed by atoms with Gasteiger partial charge in [-0.2, -0.15) is 0 Å². The first-order chi connectivity index (χ1) is 13.1. The predicted octanol–water partition coefficient (Wildman–Crippen LogP) is 4.30. The van der Waals surface area contributed by atoms with Gasteiger partial charge in [0.25, 0.3) is 0 Å². The summed E-state index contributed by atoms with van der Waals surface area (Å²) in [5.41, 5.74) is 2.58. The third-order valence-electron chi connectivity index (χ3n) is 6.84. The van der Waals surface area contributed by atoms with Gasteiger partial charge in [0, 0.05) is 31.6 Å². The molecule has 0 saturated carbocycles. The van der Waals surface area contributed by atoms with Crippen molar-refractivity contribution in [1.82, 2.24) is 15.5 Å². The molecule has 4 rings (SSSR count). The summed E-state index contributed by atoms with van der Waals surface area (Å²) in [6.45, 7) is 6.50. The van der Waals surface area contributed by atoms with E-state index >= 15 is 0 Å². The molecule has 3 aliphatic heterocycles. The molecule has 3 fully saturated rings. The lowest BCUT2D eigenvalue weighted by molar-refractivity contribution is -0.122. The average molecular weight is 442 g/mol. The van der Waals surface area contributed by atoms with E-state index in [2.05, 4.69) is 46.7 Å². The number of halogens is 2. The van der Waals surface area contributed by atoms with Crippen molar-refractivity contribution in [2.75, 3.05) is 13.1 Å². The van der Waals surface area contributed by atoms with Crippen molar-refractivity contribution in [3.63, 3.8) is 0 Å². The van der Waals surface area contributed by atoms with E-state index < -0.39 is 0 Å². The van der Waals surface area contributed by atoms with Crippen LogP contribution in [0.25, 0.3) is 0 Å². The van der Waals surface area contributed by atoms with E-state index in [1.165, 1.54) is 62.7 Å². The molecule has 0 aromatic heterocycles. The second kappa shape index (κ2) is 11.5. The third-order valence-corrected chi connectivity index (χ3v) is 6.84. The lowest BCUT2D eigenvalue weighted by atomic mass is 9.89. The monoisotopic (exact) mass is 441 g/mol. The van der Waals surface area contributed by atoms with Crippen molar-refractivity contribution in [2.24, 2.45) is 11.8 Å². The molecule has 2 bridgehead atoms. The van der Waals surface area contributed by atoms with Crippen LogP contribution in [0.15, 0.2) is 24.3 Å². The zero-order valence-corrected chi connectivity index (χ0v) is 19.2. The molecule has 6 heteroatoms. The second-order valence-electron chi connectivity index (χ2n) is 9.23. The molecule has 3 saturated heterocycles. The summed E-state index contributed by atoms with van der Waals surface area (Å²) >= 11 is 0. The molecule has 2 N–H and O–H groups in total. The number of carbonyl (C=O) groups excluding carboxylic acids is 1. The summed E-state index contributed by atoms with van der Waals surface area (Å²) in [6.07, 6.45) is 8.28. The van der Waals surface area contributed by atoms with Crippen LogP contribution in [0.4, 0.5) is 0 Å². The molecule has 1 aromatic rings. The summed E-state index contributed by atoms with van der Waals surface area (Å²) in [7, 11) is 0. The minimum absolute atomic E-state index is 0. The van der Waals surface area contributed by atoms with E-state index in [4.69, 9.17) is 0 Å². The largest absolute Gasteiger partial charge is 0.352 e. The lowest BCUT2D eigenvalue weighted by Gasteiger charge is -2.30. The van der Waals surface area contributed by atoms with Crippen LogP contribution in [-0.2, 0) is 17.9 Å². The number of hydrogen-bond acceptors (Lipinski definition) is 3. The number of nitrogens with one attached hydrogen (secondary N) is 2. The molecular weight excluding hydrogens is 405 g/mol. The Kier molecular flexibility index (Phi) is 9.74. The van der Waals surface area contributed by atoms with Crippen molar-refractivity contribution >= 4 is 30.7 Å². The Labute approximate surface area is 188 Å². The van der Waals surface area contributed by atoms with Crippen molar-refractivity contribution < 1.29 is 4.79 Å². The molecule has 29 heavy (non-hydrogen) atoms. The van der Waals surface area contributed by atoms with Gasteiger partial charge in [-0.15, -0.1) is 24.8 Å². The molecule has 4 nitrogen and oxygen atoms in total. The number of rotatable bonds is 6. The second-order valence-corrected chi connectivity index (χ2v) is 9.23. The first-order valence-electron chi connectivity index (χ1n) is 11.0. The first kappa shape index (κ1) is 24.5. The quantitative estimate of drug-likeness (QED) is 0.691. The van der Waals surface area contributed by atoms with Crippen LogP contribution in [0.3, 0.4) is 0 Å². The number of nitrogens with zero attached hydrogens (tertiary/aromatic N) is 1. The normalized spacial score (nSPS) is 27.0. The highest BCUT2D eigenvalue weighted by Crippen LogP contribution is 2.32. The van der Waals surface area contributed by atoms with E-state index in [9.17, 15) is 4.79 Å². The number of likely N-dealkylation sites (tertiary alicyclic amines) is 1. The van der Waals surface area contributed by atoms with Crippen molar-refractivity contribution in [1.29, 1.82) is 0 Å². The topological polar surface area (TPSA) is 44.4 Å². The number of carbonyl (C=O) groups is 1. The van der Waals surface area contributed by atoms with E-state index in [-0.39, 0.29) is 30.7 Å². The highest BCUT2D eigenvalue weighted by atomic mass is 35.5. The molecular formula is C23H37Cl2N3O. The zero-order valence-electron chi connectivity index (χ0n) is 17.6. The summed E-state index contributed by atoms with van der Waals surface area (Å²) in [4.78, 5) is 14.9. The molecule has 2 unspecified atom stereocenters. The Morgan fingerprint density at radius 2 is 1.59 bits per heavy atom. The average Bonchev–Trinajstić information content (AvgIpc) is 3.01. The van der Waals surface area contributed by atoms with Crippen LogP contribution in [-0.4, -0.2) is 36.0 Å². The van der Waals surface area contributed by atoms with Gasteiger partial charge in [0.2, 0.25) is 5.91 Å². The van der Waals surface area contributed by atoms with Crippen LogP contribution in [0, 0.1) is 11.8 Å². The van der Waals surface area contributed by atoms with Crippen LogP contribution >= 0.6 is 24.8 Å². The molecule has 0 aliphatic carbocycles. The highest BCUT2D eigenvalue weighted by molar-refractivity contribution is 5.85. The molecule has 2 atom stereocenters. The van der Waals surface area contributed by atoms with Gasteiger partial charge in [0.05, 0.1) is 0 Å². The van der Waals surface area contributed by atoms with E-state index in [1.54, 1.807) is 0 Å². The number of benzene rings is 1. The fourth-order valence-corrected chi connectivity index (χ4v) is 5.12.